The van der Waals surface area contributed by atoms with E-state index in [1.807, 2.05) is 24.3 Å². The normalized spacial score (nSPS) is 11.3. The number of carbonyl (C=O) groups excluding carboxylic acids is 1. The van der Waals surface area contributed by atoms with E-state index in [4.69, 9.17) is 9.84 Å². The van der Waals surface area contributed by atoms with Crippen molar-refractivity contribution in [3.8, 4) is 5.75 Å². The second kappa shape index (κ2) is 9.97. The summed E-state index contributed by atoms with van der Waals surface area (Å²) in [6, 6.07) is 24.0. The van der Waals surface area contributed by atoms with Crippen LogP contribution in [0.1, 0.15) is 58.3 Å². The van der Waals surface area contributed by atoms with Crippen LogP contribution < -0.4 is 10.1 Å². The molecule has 0 spiro atoms. The molecule has 0 aliphatic carbocycles. The molecule has 1 heterocycles. The number of hydrogen-bond donors (Lipinski definition) is 2. The lowest BCUT2D eigenvalue weighted by molar-refractivity contribution is 0.0696. The van der Waals surface area contributed by atoms with Crippen molar-refractivity contribution in [2.24, 2.45) is 0 Å². The third-order valence-electron chi connectivity index (χ3n) is 5.78. The summed E-state index contributed by atoms with van der Waals surface area (Å²) >= 11 is 0. The van der Waals surface area contributed by atoms with E-state index in [9.17, 15) is 9.59 Å². The maximum Gasteiger partial charge on any atom is 0.335 e. The molecule has 0 aliphatic rings. The second-order valence-corrected chi connectivity index (χ2v) is 9.44. The summed E-state index contributed by atoms with van der Waals surface area (Å²) in [6.45, 7) is 7.16. The number of carboxylic acid groups (broad SMARTS) is 1. The Morgan fingerprint density at radius 1 is 0.914 bits per heavy atom. The quantitative estimate of drug-likeness (QED) is 0.361. The first-order valence-electron chi connectivity index (χ1n) is 11.4. The summed E-state index contributed by atoms with van der Waals surface area (Å²) in [5.74, 6) is -0.734. The molecule has 3 aromatic carbocycles. The van der Waals surface area contributed by atoms with Crippen LogP contribution in [0.5, 0.6) is 5.75 Å². The summed E-state index contributed by atoms with van der Waals surface area (Å²) in [4.78, 5) is 28.4. The number of ether oxygens (including phenoxy) is 1. The maximum absolute atomic E-state index is 12.9. The van der Waals surface area contributed by atoms with Gasteiger partial charge in [0.25, 0.3) is 5.91 Å². The number of carbonyl (C=O) groups is 2. The van der Waals surface area contributed by atoms with E-state index in [-0.39, 0.29) is 29.1 Å². The van der Waals surface area contributed by atoms with Gasteiger partial charge in [0.2, 0.25) is 0 Å². The van der Waals surface area contributed by atoms with Crippen molar-refractivity contribution < 1.29 is 19.4 Å². The average Bonchev–Trinajstić information content (AvgIpc) is 2.85. The van der Waals surface area contributed by atoms with Crippen LogP contribution in [0.4, 0.5) is 0 Å². The predicted molar refractivity (Wildman–Crippen MR) is 136 cm³/mol. The van der Waals surface area contributed by atoms with Crippen LogP contribution in [0.15, 0.2) is 78.9 Å². The lowest BCUT2D eigenvalue weighted by Gasteiger charge is -2.19. The van der Waals surface area contributed by atoms with Crippen LogP contribution in [0.3, 0.4) is 0 Å². The van der Waals surface area contributed by atoms with Crippen molar-refractivity contribution in [2.75, 3.05) is 0 Å². The number of fused-ring (bicyclic) bond motifs is 1. The van der Waals surface area contributed by atoms with Gasteiger partial charge in [-0.05, 0) is 46.4 Å². The number of nitrogens with one attached hydrogen (secondary N) is 1. The molecule has 0 atom stereocenters. The van der Waals surface area contributed by atoms with Crippen LogP contribution in [0, 0.1) is 0 Å². The fraction of sp³-hybridized carbons (Fsp3) is 0.207. The Kier molecular flexibility index (Phi) is 6.82. The van der Waals surface area contributed by atoms with E-state index < -0.39 is 5.97 Å². The van der Waals surface area contributed by atoms with Crippen LogP contribution in [0.2, 0.25) is 0 Å². The highest BCUT2D eigenvalue weighted by Gasteiger charge is 2.15. The molecule has 0 saturated carbocycles. The number of hydrogen-bond acceptors (Lipinski definition) is 4. The fourth-order valence-electron chi connectivity index (χ4n) is 3.68. The molecule has 6 nitrogen and oxygen atoms in total. The topological polar surface area (TPSA) is 88.5 Å². The van der Waals surface area contributed by atoms with E-state index in [1.54, 1.807) is 18.2 Å². The molecule has 0 unspecified atom stereocenters. The van der Waals surface area contributed by atoms with E-state index >= 15 is 0 Å². The number of aromatic carboxylic acids is 1. The lowest BCUT2D eigenvalue weighted by atomic mass is 9.87. The molecular formula is C29H28N2O4. The molecule has 178 valence electrons. The molecule has 0 radical (unpaired) electrons. The summed E-state index contributed by atoms with van der Waals surface area (Å²) in [7, 11) is 0. The largest absolute Gasteiger partial charge is 0.488 e. The van der Waals surface area contributed by atoms with Crippen molar-refractivity contribution in [3.63, 3.8) is 0 Å². The van der Waals surface area contributed by atoms with Gasteiger partial charge < -0.3 is 15.2 Å². The molecule has 1 amide bonds. The molecule has 2 N–H and O–H groups in total. The molecule has 0 fully saturated rings. The molecule has 6 heteroatoms. The smallest absolute Gasteiger partial charge is 0.335 e. The van der Waals surface area contributed by atoms with Gasteiger partial charge in [0.1, 0.15) is 18.1 Å². The number of nitrogens with zero attached hydrogens (tertiary/aromatic N) is 1. The Balaban J connectivity index is 1.50. The van der Waals surface area contributed by atoms with Crippen molar-refractivity contribution in [1.82, 2.24) is 10.3 Å². The highest BCUT2D eigenvalue weighted by molar-refractivity contribution is 5.97. The molecule has 4 rings (SSSR count). The lowest BCUT2D eigenvalue weighted by Crippen LogP contribution is -2.24. The Hall–Kier alpha value is -4.19. The SMILES string of the molecule is CC(C)(C)c1ccc(COc2cc(C(=O)NCc3ccc(C(=O)O)cc3)nc3ccccc23)cc1. The number of aromatic nitrogens is 1. The van der Waals surface area contributed by atoms with Gasteiger partial charge in [-0.15, -0.1) is 0 Å². The zero-order valence-electron chi connectivity index (χ0n) is 20.0. The summed E-state index contributed by atoms with van der Waals surface area (Å²) in [6.07, 6.45) is 0. The number of carboxylic acids is 1. The molecule has 1 aromatic heterocycles. The molecule has 35 heavy (non-hydrogen) atoms. The zero-order chi connectivity index (χ0) is 25.0. The first-order chi connectivity index (χ1) is 16.7. The first-order valence-corrected chi connectivity index (χ1v) is 11.4. The van der Waals surface area contributed by atoms with Gasteiger partial charge in [0, 0.05) is 18.0 Å². The van der Waals surface area contributed by atoms with Crippen molar-refractivity contribution in [2.45, 2.75) is 39.3 Å². The number of pyridine rings is 1. The third-order valence-corrected chi connectivity index (χ3v) is 5.78. The number of rotatable bonds is 7. The van der Waals surface area contributed by atoms with Crippen molar-refractivity contribution in [1.29, 1.82) is 0 Å². The van der Waals surface area contributed by atoms with E-state index in [0.717, 1.165) is 16.5 Å². The minimum absolute atomic E-state index is 0.0846. The van der Waals surface area contributed by atoms with Gasteiger partial charge in [-0.2, -0.15) is 0 Å². The van der Waals surface area contributed by atoms with E-state index in [1.165, 1.54) is 17.7 Å². The molecule has 0 saturated heterocycles. The van der Waals surface area contributed by atoms with Gasteiger partial charge >= 0.3 is 5.97 Å². The number of amides is 1. The Morgan fingerprint density at radius 3 is 2.23 bits per heavy atom. The molecule has 0 aliphatic heterocycles. The molecule has 0 bridgehead atoms. The second-order valence-electron chi connectivity index (χ2n) is 9.44. The van der Waals surface area contributed by atoms with E-state index in [0.29, 0.717) is 17.9 Å². The molecular weight excluding hydrogens is 440 g/mol. The highest BCUT2D eigenvalue weighted by atomic mass is 16.5. The fourth-order valence-corrected chi connectivity index (χ4v) is 3.68. The first kappa shape index (κ1) is 24.0. The van der Waals surface area contributed by atoms with Gasteiger partial charge in [0.05, 0.1) is 11.1 Å². The monoisotopic (exact) mass is 468 g/mol. The maximum atomic E-state index is 12.9. The summed E-state index contributed by atoms with van der Waals surface area (Å²) < 4.78 is 6.14. The van der Waals surface area contributed by atoms with Crippen LogP contribution in [-0.2, 0) is 18.6 Å². The van der Waals surface area contributed by atoms with Crippen LogP contribution in [-0.4, -0.2) is 22.0 Å². The average molecular weight is 469 g/mol. The predicted octanol–water partition coefficient (Wildman–Crippen LogP) is 5.74. The summed E-state index contributed by atoms with van der Waals surface area (Å²) in [5.41, 5.74) is 4.29. The van der Waals surface area contributed by atoms with Gasteiger partial charge in [-0.1, -0.05) is 69.3 Å². The van der Waals surface area contributed by atoms with Crippen molar-refractivity contribution in [3.05, 3.63) is 107 Å². The number of para-hydroxylation sites is 1. The minimum atomic E-state index is -0.987. The van der Waals surface area contributed by atoms with Gasteiger partial charge in [-0.25, -0.2) is 9.78 Å². The zero-order valence-corrected chi connectivity index (χ0v) is 20.0. The Bertz CT molecular complexity index is 1350. The summed E-state index contributed by atoms with van der Waals surface area (Å²) in [5, 5.41) is 12.7. The van der Waals surface area contributed by atoms with E-state index in [2.05, 4.69) is 55.3 Å². The minimum Gasteiger partial charge on any atom is -0.488 e. The number of benzene rings is 3. The molecule has 4 aromatic rings. The van der Waals surface area contributed by atoms with Gasteiger partial charge in [-0.3, -0.25) is 4.79 Å². The standard InChI is InChI=1S/C29H28N2O4/c1-29(2,3)22-14-10-20(11-15-22)18-35-26-16-25(31-24-7-5-4-6-23(24)26)27(32)30-17-19-8-12-21(13-9-19)28(33)34/h4-16H,17-18H2,1-3H3,(H,30,32)(H,33,34). The highest BCUT2D eigenvalue weighted by Crippen LogP contribution is 2.27. The van der Waals surface area contributed by atoms with Crippen LogP contribution >= 0.6 is 0 Å². The Morgan fingerprint density at radius 2 is 1.57 bits per heavy atom. The van der Waals surface area contributed by atoms with Crippen LogP contribution in [0.25, 0.3) is 10.9 Å². The Labute approximate surface area is 204 Å². The van der Waals surface area contributed by atoms with Crippen molar-refractivity contribution >= 4 is 22.8 Å². The van der Waals surface area contributed by atoms with Gasteiger partial charge in [0.15, 0.2) is 0 Å². The third kappa shape index (κ3) is 5.84.